The number of H-pyrrole nitrogens is 1. The van der Waals surface area contributed by atoms with Crippen LogP contribution in [0.1, 0.15) is 20.1 Å². The molecular weight excluding hydrogens is 440 g/mol. The molecule has 1 unspecified atom stereocenters. The first-order valence-electron chi connectivity index (χ1n) is 8.48. The average molecular weight is 461 g/mol. The van der Waals surface area contributed by atoms with Gasteiger partial charge in [0.15, 0.2) is 22.1 Å². The minimum Gasteiger partial charge on any atom is -0.462 e. The number of hydrogen-bond donors (Lipinski definition) is 5. The van der Waals surface area contributed by atoms with Crippen molar-refractivity contribution < 1.29 is 24.5 Å². The van der Waals surface area contributed by atoms with Gasteiger partial charge in [0.05, 0.1) is 0 Å². The average Bonchev–Trinajstić information content (AvgIpc) is 3.09. The summed E-state index contributed by atoms with van der Waals surface area (Å²) in [5.74, 6) is -0.908. The minimum absolute atomic E-state index is 0.0239. The Labute approximate surface area is 167 Å². The molecule has 28 heavy (non-hydrogen) atoms. The van der Waals surface area contributed by atoms with Gasteiger partial charge in [0.25, 0.3) is 5.56 Å². The van der Waals surface area contributed by atoms with Gasteiger partial charge in [-0.2, -0.15) is 4.98 Å². The van der Waals surface area contributed by atoms with Crippen molar-refractivity contribution in [2.45, 2.75) is 44.4 Å². The summed E-state index contributed by atoms with van der Waals surface area (Å²) in [7, 11) is 0. The highest BCUT2D eigenvalue weighted by Gasteiger charge is 2.46. The van der Waals surface area contributed by atoms with Crippen LogP contribution in [-0.4, -0.2) is 66.7 Å². The molecule has 1 aliphatic heterocycles. The van der Waals surface area contributed by atoms with Crippen molar-refractivity contribution in [3.05, 3.63) is 15.1 Å². The van der Waals surface area contributed by atoms with Gasteiger partial charge in [-0.3, -0.25) is 19.1 Å². The molecule has 0 bridgehead atoms. The highest BCUT2D eigenvalue weighted by atomic mass is 79.9. The van der Waals surface area contributed by atoms with Crippen molar-refractivity contribution in [1.29, 1.82) is 0 Å². The lowest BCUT2D eigenvalue weighted by Crippen LogP contribution is -2.40. The molecule has 0 amide bonds. The minimum atomic E-state index is -1.40. The molecule has 0 aliphatic carbocycles. The van der Waals surface area contributed by atoms with Crippen LogP contribution in [-0.2, 0) is 14.3 Å². The first-order valence-corrected chi connectivity index (χ1v) is 9.28. The molecule has 0 saturated carbocycles. The lowest BCUT2D eigenvalue weighted by atomic mass is 10.1. The number of imidazole rings is 1. The van der Waals surface area contributed by atoms with E-state index in [2.05, 4.69) is 30.9 Å². The number of anilines is 1. The van der Waals surface area contributed by atoms with E-state index in [1.54, 1.807) is 13.8 Å². The highest BCUT2D eigenvalue weighted by molar-refractivity contribution is 9.10. The van der Waals surface area contributed by atoms with E-state index in [1.807, 2.05) is 0 Å². The summed E-state index contributed by atoms with van der Waals surface area (Å²) in [6.45, 7) is 3.23. The third kappa shape index (κ3) is 3.63. The number of carbonyl (C=O) groups excluding carboxylic acids is 1. The van der Waals surface area contributed by atoms with Crippen molar-refractivity contribution in [2.24, 2.45) is 11.7 Å². The number of nitrogen functional groups attached to an aromatic ring is 1. The summed E-state index contributed by atoms with van der Waals surface area (Å²) < 4.78 is 12.2. The molecule has 3 heterocycles. The predicted octanol–water partition coefficient (Wildman–Crippen LogP) is -1.39. The van der Waals surface area contributed by atoms with E-state index >= 15 is 0 Å². The number of nitrogens with one attached hydrogen (secondary N) is 1. The number of aromatic amines is 1. The molecule has 13 heteroatoms. The summed E-state index contributed by atoms with van der Waals surface area (Å²) >= 11 is 3.19. The zero-order valence-electron chi connectivity index (χ0n) is 15.1. The van der Waals surface area contributed by atoms with Crippen LogP contribution in [0.2, 0.25) is 0 Å². The van der Waals surface area contributed by atoms with Crippen LogP contribution in [0.3, 0.4) is 0 Å². The summed E-state index contributed by atoms with van der Waals surface area (Å²) in [5.41, 5.74) is 10.8. The Morgan fingerprint density at radius 3 is 2.71 bits per heavy atom. The van der Waals surface area contributed by atoms with E-state index < -0.39 is 42.1 Å². The highest BCUT2D eigenvalue weighted by Crippen LogP contribution is 2.34. The first-order chi connectivity index (χ1) is 13.1. The van der Waals surface area contributed by atoms with E-state index in [1.165, 1.54) is 4.57 Å². The number of fused-ring (bicyclic) bond motifs is 1. The Bertz CT molecular complexity index is 945. The molecule has 1 saturated heterocycles. The van der Waals surface area contributed by atoms with Crippen molar-refractivity contribution in [3.8, 4) is 0 Å². The predicted molar refractivity (Wildman–Crippen MR) is 100.0 cm³/mol. The monoisotopic (exact) mass is 460 g/mol. The fourth-order valence-corrected chi connectivity index (χ4v) is 3.36. The van der Waals surface area contributed by atoms with Crippen LogP contribution in [0.15, 0.2) is 9.53 Å². The number of hydrogen-bond acceptors (Lipinski definition) is 10. The molecule has 0 radical (unpaired) electrons. The summed E-state index contributed by atoms with van der Waals surface area (Å²) in [4.78, 5) is 34.3. The number of esters is 1. The van der Waals surface area contributed by atoms with Gasteiger partial charge in [0.1, 0.15) is 31.0 Å². The first kappa shape index (κ1) is 20.7. The quantitative estimate of drug-likeness (QED) is 0.262. The number of aliphatic hydroxyl groups is 2. The maximum absolute atomic E-state index is 12.0. The SMILES string of the molecule is CC(C)[C@H](N)C(=O)OC[C@H]1O[C@@H](n2c(Br)nc3c(=O)[nH]c(N)nc32)C(O)[C@@H]1O. The summed E-state index contributed by atoms with van der Waals surface area (Å²) in [6.07, 6.45) is -4.94. The second-order valence-electron chi connectivity index (χ2n) is 6.82. The van der Waals surface area contributed by atoms with Crippen LogP contribution in [0.25, 0.3) is 11.2 Å². The molecule has 0 spiro atoms. The number of aliphatic hydroxyl groups excluding tert-OH is 2. The molecule has 0 aromatic carbocycles. The Hall–Kier alpha value is -2.06. The van der Waals surface area contributed by atoms with E-state index in [4.69, 9.17) is 20.9 Å². The van der Waals surface area contributed by atoms with Gasteiger partial charge >= 0.3 is 5.97 Å². The van der Waals surface area contributed by atoms with Gasteiger partial charge in [-0.05, 0) is 21.8 Å². The molecular formula is C15H21BrN6O6. The van der Waals surface area contributed by atoms with Crippen LogP contribution in [0, 0.1) is 5.92 Å². The molecule has 1 aliphatic rings. The lowest BCUT2D eigenvalue weighted by Gasteiger charge is -2.18. The van der Waals surface area contributed by atoms with Gasteiger partial charge < -0.3 is 31.2 Å². The Morgan fingerprint density at radius 1 is 1.39 bits per heavy atom. The third-order valence-corrected chi connectivity index (χ3v) is 5.06. The number of nitrogens with zero attached hydrogens (tertiary/aromatic N) is 3. The Kier molecular flexibility index (Phi) is 5.72. The second-order valence-corrected chi connectivity index (χ2v) is 7.53. The summed E-state index contributed by atoms with van der Waals surface area (Å²) in [5, 5.41) is 20.7. The van der Waals surface area contributed by atoms with Crippen molar-refractivity contribution in [3.63, 3.8) is 0 Å². The number of carbonyl (C=O) groups is 1. The fourth-order valence-electron chi connectivity index (χ4n) is 2.81. The summed E-state index contributed by atoms with van der Waals surface area (Å²) in [6, 6.07) is -0.815. The van der Waals surface area contributed by atoms with Gasteiger partial charge in [-0.1, -0.05) is 13.8 Å². The number of nitrogens with two attached hydrogens (primary N) is 2. The molecule has 12 nitrogen and oxygen atoms in total. The number of halogens is 1. The van der Waals surface area contributed by atoms with Crippen LogP contribution in [0.4, 0.5) is 5.95 Å². The molecule has 2 aromatic rings. The zero-order chi connectivity index (χ0) is 20.7. The van der Waals surface area contributed by atoms with Gasteiger partial charge in [0.2, 0.25) is 5.95 Å². The normalized spacial score (nSPS) is 26.1. The fraction of sp³-hybridized carbons (Fsp3) is 0.600. The smallest absolute Gasteiger partial charge is 0.323 e. The van der Waals surface area contributed by atoms with Gasteiger partial charge in [0, 0.05) is 0 Å². The number of rotatable bonds is 5. The second kappa shape index (κ2) is 7.75. The lowest BCUT2D eigenvalue weighted by molar-refractivity contribution is -0.152. The van der Waals surface area contributed by atoms with Crippen molar-refractivity contribution in [2.75, 3.05) is 12.3 Å². The van der Waals surface area contributed by atoms with Crippen LogP contribution < -0.4 is 17.0 Å². The number of aromatic nitrogens is 4. The Balaban J connectivity index is 1.83. The topological polar surface area (TPSA) is 192 Å². The largest absolute Gasteiger partial charge is 0.462 e. The zero-order valence-corrected chi connectivity index (χ0v) is 16.7. The molecule has 7 N–H and O–H groups in total. The Morgan fingerprint density at radius 2 is 2.07 bits per heavy atom. The van der Waals surface area contributed by atoms with Crippen LogP contribution >= 0.6 is 15.9 Å². The molecule has 1 fully saturated rings. The number of ether oxygens (including phenoxy) is 2. The van der Waals surface area contributed by atoms with Crippen molar-refractivity contribution in [1.82, 2.24) is 19.5 Å². The standard InChI is InChI=1S/C15H21BrN6O6/c1-4(2)6(17)13(26)27-3-5-8(23)9(24)12(28-5)22-10-7(19-14(22)16)11(25)21-15(18)20-10/h4-6,8-9,12,23-24H,3,17H2,1-2H3,(H3,18,20,21,25)/t5-,6+,8-,9?,12-/m1/s1. The van der Waals surface area contributed by atoms with Crippen LogP contribution in [0.5, 0.6) is 0 Å². The maximum atomic E-state index is 12.0. The molecule has 2 aromatic heterocycles. The van der Waals surface area contributed by atoms with Gasteiger partial charge in [-0.25, -0.2) is 4.98 Å². The van der Waals surface area contributed by atoms with E-state index in [9.17, 15) is 19.8 Å². The van der Waals surface area contributed by atoms with E-state index in [0.717, 1.165) is 0 Å². The molecule has 154 valence electrons. The maximum Gasteiger partial charge on any atom is 0.323 e. The van der Waals surface area contributed by atoms with Crippen molar-refractivity contribution >= 4 is 39.0 Å². The third-order valence-electron chi connectivity index (χ3n) is 4.50. The molecule has 5 atom stereocenters. The molecule has 3 rings (SSSR count). The van der Waals surface area contributed by atoms with E-state index in [-0.39, 0.29) is 34.4 Å². The van der Waals surface area contributed by atoms with E-state index in [0.29, 0.717) is 0 Å². The van der Waals surface area contributed by atoms with Gasteiger partial charge in [-0.15, -0.1) is 0 Å².